The number of halogens is 3. The van der Waals surface area contributed by atoms with Gasteiger partial charge in [0, 0.05) is 49.0 Å². The Hall–Kier alpha value is -3.88. The molecule has 5 nitrogen and oxygen atoms in total. The number of likely N-dealkylation sites (N-methyl/N-ethyl adjacent to an activating group) is 2. The number of benzene rings is 3. The van der Waals surface area contributed by atoms with Gasteiger partial charge in [-0.15, -0.1) is 0 Å². The van der Waals surface area contributed by atoms with Crippen LogP contribution in [0.3, 0.4) is 0 Å². The van der Waals surface area contributed by atoms with E-state index in [-0.39, 0.29) is 5.43 Å². The molecule has 0 saturated carbocycles. The molecule has 0 N–H and O–H groups in total. The predicted molar refractivity (Wildman–Crippen MR) is 148 cm³/mol. The zero-order valence-electron chi connectivity index (χ0n) is 22.1. The van der Waals surface area contributed by atoms with Crippen LogP contribution in [0.4, 0.5) is 13.2 Å². The molecule has 0 spiro atoms. The lowest BCUT2D eigenvalue weighted by atomic mass is 10.1. The minimum atomic E-state index is -4.40. The molecule has 0 aliphatic heterocycles. The van der Waals surface area contributed by atoms with E-state index in [0.29, 0.717) is 41.9 Å². The highest BCUT2D eigenvalue weighted by Crippen LogP contribution is 2.32. The Balaban J connectivity index is 1.29. The lowest BCUT2D eigenvalue weighted by Crippen LogP contribution is -2.31. The first kappa shape index (κ1) is 26.7. The highest BCUT2D eigenvalue weighted by molar-refractivity contribution is 5.85. The van der Waals surface area contributed by atoms with Crippen LogP contribution >= 0.6 is 0 Å². The normalized spacial score (nSPS) is 12.3. The van der Waals surface area contributed by atoms with Gasteiger partial charge in [0.05, 0.1) is 22.7 Å². The molecule has 0 amide bonds. The molecule has 0 saturated heterocycles. The Bertz CT molecular complexity index is 1690. The van der Waals surface area contributed by atoms with E-state index in [1.54, 1.807) is 12.3 Å². The maximum Gasteiger partial charge on any atom is 0.416 e. The van der Waals surface area contributed by atoms with Crippen molar-refractivity contribution >= 4 is 21.9 Å². The van der Waals surface area contributed by atoms with Gasteiger partial charge in [0.1, 0.15) is 5.58 Å². The standard InChI is InChI=1S/C31H30F3N3O2/c1-21-11-12-29-27(15-21)30(38)23(20-39-29)18-36(3)14-13-35(2)17-22-19-37(28-10-5-4-9-26(22)28)25-8-6-7-24(16-25)31(32,33)34/h4-12,15-16,19-20H,13-14,17-18H2,1-3H3. The van der Waals surface area contributed by atoms with Crippen molar-refractivity contribution in [3.63, 3.8) is 0 Å². The molecule has 8 heteroatoms. The van der Waals surface area contributed by atoms with Crippen molar-refractivity contribution in [1.82, 2.24) is 14.4 Å². The molecule has 39 heavy (non-hydrogen) atoms. The van der Waals surface area contributed by atoms with Crippen LogP contribution in [-0.4, -0.2) is 41.6 Å². The molecule has 5 rings (SSSR count). The number of fused-ring (bicyclic) bond motifs is 2. The molecular formula is C31H30F3N3O2. The second-order valence-corrected chi connectivity index (χ2v) is 10.2. The molecule has 0 atom stereocenters. The third-order valence-electron chi connectivity index (χ3n) is 6.99. The van der Waals surface area contributed by atoms with Crippen LogP contribution in [0.1, 0.15) is 22.3 Å². The molecule has 3 aromatic carbocycles. The second kappa shape index (κ2) is 10.7. The van der Waals surface area contributed by atoms with Crippen molar-refractivity contribution < 1.29 is 17.6 Å². The molecule has 0 fully saturated rings. The molecule has 0 aliphatic rings. The fourth-order valence-electron chi connectivity index (χ4n) is 4.90. The summed E-state index contributed by atoms with van der Waals surface area (Å²) in [5.41, 5.74) is 3.88. The van der Waals surface area contributed by atoms with Crippen molar-refractivity contribution in [2.45, 2.75) is 26.2 Å². The summed E-state index contributed by atoms with van der Waals surface area (Å²) >= 11 is 0. The van der Waals surface area contributed by atoms with Gasteiger partial charge in [-0.25, -0.2) is 0 Å². The molecule has 5 aromatic rings. The summed E-state index contributed by atoms with van der Waals surface area (Å²) < 4.78 is 47.5. The monoisotopic (exact) mass is 533 g/mol. The number of nitrogens with zero attached hydrogens (tertiary/aromatic N) is 3. The Morgan fingerprint density at radius 1 is 0.846 bits per heavy atom. The Labute approximate surface area is 224 Å². The van der Waals surface area contributed by atoms with Gasteiger partial charge in [-0.2, -0.15) is 13.2 Å². The lowest BCUT2D eigenvalue weighted by molar-refractivity contribution is -0.137. The summed E-state index contributed by atoms with van der Waals surface area (Å²) in [6.45, 7) is 4.49. The first-order valence-corrected chi connectivity index (χ1v) is 12.7. The third kappa shape index (κ3) is 5.77. The van der Waals surface area contributed by atoms with E-state index < -0.39 is 11.7 Å². The minimum Gasteiger partial charge on any atom is -0.464 e. The molecular weight excluding hydrogens is 503 g/mol. The summed E-state index contributed by atoms with van der Waals surface area (Å²) in [4.78, 5) is 17.2. The molecule has 0 radical (unpaired) electrons. The van der Waals surface area contributed by atoms with Gasteiger partial charge in [-0.1, -0.05) is 35.9 Å². The number of hydrogen-bond acceptors (Lipinski definition) is 4. The van der Waals surface area contributed by atoms with Crippen molar-refractivity contribution in [3.05, 3.63) is 112 Å². The number of alkyl halides is 3. The molecule has 2 heterocycles. The van der Waals surface area contributed by atoms with Crippen LogP contribution in [0.5, 0.6) is 0 Å². The van der Waals surface area contributed by atoms with Crippen LogP contribution < -0.4 is 5.43 Å². The summed E-state index contributed by atoms with van der Waals surface area (Å²) in [5.74, 6) is 0. The number of aryl methyl sites for hydroxylation is 1. The van der Waals surface area contributed by atoms with Gasteiger partial charge in [0.15, 0.2) is 5.43 Å². The lowest BCUT2D eigenvalue weighted by Gasteiger charge is -2.21. The summed E-state index contributed by atoms with van der Waals surface area (Å²) in [5, 5.41) is 1.59. The van der Waals surface area contributed by atoms with Crippen LogP contribution in [0.25, 0.3) is 27.6 Å². The van der Waals surface area contributed by atoms with E-state index in [1.807, 2.05) is 74.2 Å². The van der Waals surface area contributed by atoms with Crippen LogP contribution in [-0.2, 0) is 19.3 Å². The van der Waals surface area contributed by atoms with Crippen LogP contribution in [0, 0.1) is 6.92 Å². The topological polar surface area (TPSA) is 41.6 Å². The first-order chi connectivity index (χ1) is 18.6. The van der Waals surface area contributed by atoms with E-state index in [4.69, 9.17) is 4.42 Å². The quantitative estimate of drug-likeness (QED) is 0.225. The van der Waals surface area contributed by atoms with Gasteiger partial charge in [-0.3, -0.25) is 4.79 Å². The van der Waals surface area contributed by atoms with Gasteiger partial charge in [-0.05, 0) is 63.0 Å². The number of para-hydroxylation sites is 1. The largest absolute Gasteiger partial charge is 0.464 e. The fraction of sp³-hybridized carbons (Fsp3) is 0.258. The average molecular weight is 534 g/mol. The minimum absolute atomic E-state index is 0.0115. The van der Waals surface area contributed by atoms with Crippen molar-refractivity contribution in [1.29, 1.82) is 0 Å². The summed E-state index contributed by atoms with van der Waals surface area (Å²) in [6, 6.07) is 18.7. The maximum absolute atomic E-state index is 13.3. The zero-order chi connectivity index (χ0) is 27.7. The van der Waals surface area contributed by atoms with Crippen LogP contribution in [0.2, 0.25) is 0 Å². The van der Waals surface area contributed by atoms with E-state index >= 15 is 0 Å². The first-order valence-electron chi connectivity index (χ1n) is 12.7. The fourth-order valence-corrected chi connectivity index (χ4v) is 4.90. The number of rotatable bonds is 8. The predicted octanol–water partition coefficient (Wildman–Crippen LogP) is 6.63. The van der Waals surface area contributed by atoms with Crippen molar-refractivity contribution in [3.8, 4) is 5.69 Å². The molecule has 202 valence electrons. The number of aromatic nitrogens is 1. The molecule has 2 aromatic heterocycles. The summed E-state index contributed by atoms with van der Waals surface area (Å²) in [6.07, 6.45) is -0.938. The Morgan fingerprint density at radius 3 is 2.31 bits per heavy atom. The highest BCUT2D eigenvalue weighted by Gasteiger charge is 2.30. The smallest absolute Gasteiger partial charge is 0.416 e. The molecule has 0 unspecified atom stereocenters. The maximum atomic E-state index is 13.3. The van der Waals surface area contributed by atoms with Crippen molar-refractivity contribution in [2.24, 2.45) is 0 Å². The zero-order valence-corrected chi connectivity index (χ0v) is 22.1. The number of hydrogen-bond donors (Lipinski definition) is 0. The van der Waals surface area contributed by atoms with Crippen LogP contribution in [0.15, 0.2) is 88.4 Å². The third-order valence-corrected chi connectivity index (χ3v) is 6.99. The Morgan fingerprint density at radius 2 is 1.56 bits per heavy atom. The van der Waals surface area contributed by atoms with E-state index in [2.05, 4.69) is 9.80 Å². The highest BCUT2D eigenvalue weighted by atomic mass is 19.4. The van der Waals surface area contributed by atoms with Gasteiger partial charge in [0.25, 0.3) is 0 Å². The summed E-state index contributed by atoms with van der Waals surface area (Å²) in [7, 11) is 3.98. The van der Waals surface area contributed by atoms with Crippen molar-refractivity contribution in [2.75, 3.05) is 27.2 Å². The van der Waals surface area contributed by atoms with Gasteiger partial charge >= 0.3 is 6.18 Å². The van der Waals surface area contributed by atoms with E-state index in [0.717, 1.165) is 34.6 Å². The van der Waals surface area contributed by atoms with E-state index in [1.165, 1.54) is 12.1 Å². The molecule has 0 aliphatic carbocycles. The van der Waals surface area contributed by atoms with Gasteiger partial charge in [0.2, 0.25) is 0 Å². The SMILES string of the molecule is Cc1ccc2occ(CN(C)CCN(C)Cc3cn(-c4cccc(C(F)(F)F)c4)c4ccccc34)c(=O)c2c1. The van der Waals surface area contributed by atoms with E-state index in [9.17, 15) is 18.0 Å². The van der Waals surface area contributed by atoms with Gasteiger partial charge < -0.3 is 18.8 Å². The second-order valence-electron chi connectivity index (χ2n) is 10.2. The average Bonchev–Trinajstić information content (AvgIpc) is 3.27. The molecule has 0 bridgehead atoms. The Kier molecular flexibility index (Phi) is 7.34.